The number of nitrogens with one attached hydrogen (secondary N) is 2. The molecule has 27 heavy (non-hydrogen) atoms. The van der Waals surface area contributed by atoms with Crippen molar-refractivity contribution in [1.82, 2.24) is 9.97 Å². The Kier molecular flexibility index (Phi) is 6.44. The molecule has 0 amide bonds. The quantitative estimate of drug-likeness (QED) is 0.660. The third kappa shape index (κ3) is 5.08. The molecule has 6 heteroatoms. The summed E-state index contributed by atoms with van der Waals surface area (Å²) in [5, 5.41) is 15.9. The lowest BCUT2D eigenvalue weighted by Gasteiger charge is -2.17. The van der Waals surface area contributed by atoms with Gasteiger partial charge in [0.05, 0.1) is 13.2 Å². The lowest BCUT2D eigenvalue weighted by Crippen LogP contribution is -2.21. The SMILES string of the molecule is CCOc1ccc(-c2cnc(NC3=CC[CH]C=C3)nc2N[C@H](C)CO)cc1. The summed E-state index contributed by atoms with van der Waals surface area (Å²) in [5.74, 6) is 2.01. The van der Waals surface area contributed by atoms with Crippen molar-refractivity contribution in [2.24, 2.45) is 0 Å². The van der Waals surface area contributed by atoms with Crippen LogP contribution in [0.2, 0.25) is 0 Å². The molecule has 0 spiro atoms. The first-order valence-corrected chi connectivity index (χ1v) is 9.14. The molecule has 1 radical (unpaired) electrons. The summed E-state index contributed by atoms with van der Waals surface area (Å²) < 4.78 is 5.51. The smallest absolute Gasteiger partial charge is 0.229 e. The molecule has 3 rings (SSSR count). The molecule has 1 aromatic heterocycles. The number of rotatable bonds is 8. The zero-order valence-corrected chi connectivity index (χ0v) is 15.6. The van der Waals surface area contributed by atoms with Crippen LogP contribution in [0.1, 0.15) is 20.3 Å². The first-order valence-electron chi connectivity index (χ1n) is 9.14. The first-order chi connectivity index (χ1) is 13.2. The lowest BCUT2D eigenvalue weighted by molar-refractivity contribution is 0.281. The van der Waals surface area contributed by atoms with Gasteiger partial charge < -0.3 is 20.5 Å². The molecule has 1 heterocycles. The minimum Gasteiger partial charge on any atom is -0.494 e. The molecule has 1 aliphatic rings. The van der Waals surface area contributed by atoms with Gasteiger partial charge in [0.2, 0.25) is 5.95 Å². The fourth-order valence-electron chi connectivity index (χ4n) is 2.67. The highest BCUT2D eigenvalue weighted by molar-refractivity contribution is 5.76. The molecule has 1 atom stereocenters. The van der Waals surface area contributed by atoms with Crippen LogP contribution in [-0.2, 0) is 0 Å². The van der Waals surface area contributed by atoms with Crippen LogP contribution < -0.4 is 15.4 Å². The Morgan fingerprint density at radius 3 is 2.74 bits per heavy atom. The number of aromatic nitrogens is 2. The number of anilines is 2. The summed E-state index contributed by atoms with van der Waals surface area (Å²) in [5.41, 5.74) is 2.81. The minimum atomic E-state index is -0.127. The van der Waals surface area contributed by atoms with E-state index in [-0.39, 0.29) is 12.6 Å². The molecule has 0 aliphatic heterocycles. The van der Waals surface area contributed by atoms with Gasteiger partial charge in [0.25, 0.3) is 0 Å². The van der Waals surface area contributed by atoms with Crippen LogP contribution in [0.15, 0.2) is 54.4 Å². The highest BCUT2D eigenvalue weighted by atomic mass is 16.5. The monoisotopic (exact) mass is 365 g/mol. The van der Waals surface area contributed by atoms with Gasteiger partial charge in [-0.05, 0) is 50.5 Å². The molecule has 6 nitrogen and oxygen atoms in total. The third-order valence-electron chi connectivity index (χ3n) is 4.06. The Bertz CT molecular complexity index is 815. The molecule has 0 saturated heterocycles. The zero-order chi connectivity index (χ0) is 19.1. The van der Waals surface area contributed by atoms with Gasteiger partial charge in [0.15, 0.2) is 0 Å². The Hall–Kier alpha value is -2.86. The Morgan fingerprint density at radius 2 is 2.07 bits per heavy atom. The molecular weight excluding hydrogens is 340 g/mol. The summed E-state index contributed by atoms with van der Waals surface area (Å²) in [6.07, 6.45) is 10.8. The van der Waals surface area contributed by atoms with Gasteiger partial charge >= 0.3 is 0 Å². The number of hydrogen-bond acceptors (Lipinski definition) is 6. The number of aliphatic hydroxyl groups is 1. The van der Waals surface area contributed by atoms with Gasteiger partial charge in [-0.15, -0.1) is 0 Å². The normalized spacial score (nSPS) is 14.4. The highest BCUT2D eigenvalue weighted by Crippen LogP contribution is 2.29. The molecule has 0 bridgehead atoms. The molecule has 0 saturated carbocycles. The molecular formula is C21H25N4O2. The second kappa shape index (κ2) is 9.19. The van der Waals surface area contributed by atoms with Crippen LogP contribution in [-0.4, -0.2) is 34.3 Å². The minimum absolute atomic E-state index is 0.0131. The average molecular weight is 365 g/mol. The van der Waals surface area contributed by atoms with Crippen LogP contribution in [0.3, 0.4) is 0 Å². The Labute approximate surface area is 160 Å². The summed E-state index contributed by atoms with van der Waals surface area (Å²) in [6.45, 7) is 4.51. The van der Waals surface area contributed by atoms with Crippen LogP contribution in [0.5, 0.6) is 5.75 Å². The second-order valence-electron chi connectivity index (χ2n) is 6.26. The molecule has 3 N–H and O–H groups in total. The number of hydrogen-bond donors (Lipinski definition) is 3. The molecule has 1 aliphatic carbocycles. The van der Waals surface area contributed by atoms with Crippen molar-refractivity contribution in [2.75, 3.05) is 23.8 Å². The average Bonchev–Trinajstić information content (AvgIpc) is 2.70. The Morgan fingerprint density at radius 1 is 1.26 bits per heavy atom. The van der Waals surface area contributed by atoms with Gasteiger partial charge in [-0.25, -0.2) is 4.98 Å². The molecule has 1 aromatic carbocycles. The van der Waals surface area contributed by atoms with E-state index in [0.29, 0.717) is 18.4 Å². The molecule has 0 unspecified atom stereocenters. The fraction of sp³-hybridized carbons (Fsp3) is 0.286. The van der Waals surface area contributed by atoms with Crippen molar-refractivity contribution < 1.29 is 9.84 Å². The summed E-state index contributed by atoms with van der Waals surface area (Å²) in [6, 6.07) is 7.69. The maximum Gasteiger partial charge on any atom is 0.229 e. The predicted octanol–water partition coefficient (Wildman–Crippen LogP) is 3.79. The zero-order valence-electron chi connectivity index (χ0n) is 15.6. The third-order valence-corrected chi connectivity index (χ3v) is 4.06. The summed E-state index contributed by atoms with van der Waals surface area (Å²) in [4.78, 5) is 9.09. The topological polar surface area (TPSA) is 79.3 Å². The van der Waals surface area contributed by atoms with E-state index in [2.05, 4.69) is 33.1 Å². The van der Waals surface area contributed by atoms with Crippen LogP contribution in [0, 0.1) is 6.42 Å². The largest absolute Gasteiger partial charge is 0.494 e. The van der Waals surface area contributed by atoms with Crippen molar-refractivity contribution in [1.29, 1.82) is 0 Å². The fourth-order valence-corrected chi connectivity index (χ4v) is 2.67. The van der Waals surface area contributed by atoms with Crippen molar-refractivity contribution in [2.45, 2.75) is 26.3 Å². The predicted molar refractivity (Wildman–Crippen MR) is 109 cm³/mol. The van der Waals surface area contributed by atoms with Crippen LogP contribution in [0.4, 0.5) is 11.8 Å². The van der Waals surface area contributed by atoms with Crippen molar-refractivity contribution in [3.05, 3.63) is 60.8 Å². The number of ether oxygens (including phenoxy) is 1. The van der Waals surface area contributed by atoms with Gasteiger partial charge in [-0.3, -0.25) is 0 Å². The number of allylic oxidation sites excluding steroid dienone is 3. The van der Waals surface area contributed by atoms with Gasteiger partial charge in [0, 0.05) is 23.5 Å². The van der Waals surface area contributed by atoms with E-state index < -0.39 is 0 Å². The highest BCUT2D eigenvalue weighted by Gasteiger charge is 2.13. The van der Waals surface area contributed by atoms with Gasteiger partial charge in [0.1, 0.15) is 11.6 Å². The number of nitrogens with zero attached hydrogens (tertiary/aromatic N) is 2. The van der Waals surface area contributed by atoms with E-state index in [1.807, 2.05) is 50.3 Å². The number of aliphatic hydroxyl groups excluding tert-OH is 1. The second-order valence-corrected chi connectivity index (χ2v) is 6.26. The van der Waals surface area contributed by atoms with Crippen LogP contribution >= 0.6 is 0 Å². The maximum absolute atomic E-state index is 9.42. The Balaban J connectivity index is 1.89. The maximum atomic E-state index is 9.42. The van der Waals surface area contributed by atoms with E-state index in [0.717, 1.165) is 29.0 Å². The lowest BCUT2D eigenvalue weighted by atomic mass is 10.1. The molecule has 0 fully saturated rings. The van der Waals surface area contributed by atoms with E-state index in [1.165, 1.54) is 0 Å². The van der Waals surface area contributed by atoms with Crippen molar-refractivity contribution >= 4 is 11.8 Å². The van der Waals surface area contributed by atoms with Gasteiger partial charge in [-0.1, -0.05) is 24.3 Å². The first kappa shape index (κ1) is 18.9. The molecule has 2 aromatic rings. The van der Waals surface area contributed by atoms with E-state index in [4.69, 9.17) is 4.74 Å². The molecule has 141 valence electrons. The van der Waals surface area contributed by atoms with Gasteiger partial charge in [-0.2, -0.15) is 4.98 Å². The van der Waals surface area contributed by atoms with E-state index in [1.54, 1.807) is 6.20 Å². The van der Waals surface area contributed by atoms with Crippen molar-refractivity contribution in [3.8, 4) is 16.9 Å². The summed E-state index contributed by atoms with van der Waals surface area (Å²) in [7, 11) is 0. The summed E-state index contributed by atoms with van der Waals surface area (Å²) >= 11 is 0. The number of benzene rings is 1. The van der Waals surface area contributed by atoms with E-state index in [9.17, 15) is 5.11 Å². The van der Waals surface area contributed by atoms with Crippen molar-refractivity contribution in [3.63, 3.8) is 0 Å². The van der Waals surface area contributed by atoms with E-state index >= 15 is 0 Å². The van der Waals surface area contributed by atoms with Crippen LogP contribution in [0.25, 0.3) is 11.1 Å². The standard InChI is InChI=1S/C21H25N4O2/c1-3-27-18-11-9-16(10-12-18)19-13-22-21(24-17-7-5-4-6-8-17)25-20(19)23-15(2)14-26/h4-5,7-13,15,26H,3,6,14H2,1-2H3,(H2,22,23,24,25)/t15-/m1/s1.